The van der Waals surface area contributed by atoms with Gasteiger partial charge in [0.25, 0.3) is 0 Å². The number of fused-ring (bicyclic) bond motifs is 10. The van der Waals surface area contributed by atoms with Gasteiger partial charge >= 0.3 is 0 Å². The van der Waals surface area contributed by atoms with Crippen LogP contribution in [0.5, 0.6) is 0 Å². The van der Waals surface area contributed by atoms with Gasteiger partial charge in [-0.2, -0.15) is 0 Å². The Balaban J connectivity index is 1.15. The standard InChI is InChI=1S/C49H37N5/c1-4-16-32(17-5-1)47-50-48(33-18-6-2-7-19-33)52-49(51-47)34-28-30-36(31-29-34)54-42-27-15-13-25-40(42)44-38-23-11-10-22-37(38)43-39-24-12-14-26-41(39)53(45(43)46(44)54)35-20-8-3-9-21-35/h1-10,12-22,24-31,47-48,50H,11,23H2,(H,51,52). The zero-order valence-corrected chi connectivity index (χ0v) is 29.7. The molecule has 2 unspecified atom stereocenters. The van der Waals surface area contributed by atoms with E-state index in [1.54, 1.807) is 0 Å². The average Bonchev–Trinajstić information content (AvgIpc) is 3.79. The molecule has 54 heavy (non-hydrogen) atoms. The fourth-order valence-corrected chi connectivity index (χ4v) is 8.88. The highest BCUT2D eigenvalue weighted by Gasteiger charge is 2.28. The molecule has 2 aliphatic rings. The summed E-state index contributed by atoms with van der Waals surface area (Å²) < 4.78 is 4.99. The third kappa shape index (κ3) is 4.79. The van der Waals surface area contributed by atoms with Gasteiger partial charge in [-0.25, -0.2) is 4.99 Å². The molecule has 3 heterocycles. The van der Waals surface area contributed by atoms with Crippen LogP contribution in [0.25, 0.3) is 61.1 Å². The number of aryl methyl sites for hydroxylation is 1. The summed E-state index contributed by atoms with van der Waals surface area (Å²) in [5.74, 6) is 0.873. The van der Waals surface area contributed by atoms with E-state index in [1.807, 2.05) is 0 Å². The smallest absolute Gasteiger partial charge is 0.131 e. The lowest BCUT2D eigenvalue weighted by Crippen LogP contribution is -2.44. The first-order valence-electron chi connectivity index (χ1n) is 18.9. The van der Waals surface area contributed by atoms with Crippen LogP contribution in [-0.2, 0) is 6.42 Å². The van der Waals surface area contributed by atoms with E-state index in [0.29, 0.717) is 0 Å². The van der Waals surface area contributed by atoms with Crippen molar-refractivity contribution in [2.24, 2.45) is 4.99 Å². The molecule has 0 spiro atoms. The van der Waals surface area contributed by atoms with E-state index < -0.39 is 0 Å². The summed E-state index contributed by atoms with van der Waals surface area (Å²) in [7, 11) is 0. The van der Waals surface area contributed by atoms with Crippen molar-refractivity contribution in [2.45, 2.75) is 25.2 Å². The Labute approximate surface area is 313 Å². The molecular weight excluding hydrogens is 659 g/mol. The number of hydrogen-bond donors (Lipinski definition) is 2. The van der Waals surface area contributed by atoms with E-state index in [0.717, 1.165) is 41.2 Å². The summed E-state index contributed by atoms with van der Waals surface area (Å²) in [6.07, 6.45) is 6.51. The van der Waals surface area contributed by atoms with Gasteiger partial charge in [-0.1, -0.05) is 127 Å². The first kappa shape index (κ1) is 30.9. The zero-order valence-electron chi connectivity index (χ0n) is 29.7. The van der Waals surface area contributed by atoms with Crippen LogP contribution in [-0.4, -0.2) is 15.0 Å². The molecular formula is C49H37N5. The van der Waals surface area contributed by atoms with E-state index in [9.17, 15) is 0 Å². The van der Waals surface area contributed by atoms with Gasteiger partial charge in [0.1, 0.15) is 18.2 Å². The number of aliphatic imine (C=N–C) groups is 1. The van der Waals surface area contributed by atoms with Crippen molar-refractivity contribution < 1.29 is 0 Å². The predicted octanol–water partition coefficient (Wildman–Crippen LogP) is 11.2. The van der Waals surface area contributed by atoms with Crippen molar-refractivity contribution in [2.75, 3.05) is 0 Å². The first-order chi connectivity index (χ1) is 26.8. The topological polar surface area (TPSA) is 46.3 Å². The number of benzene rings is 7. The van der Waals surface area contributed by atoms with Gasteiger partial charge in [0.15, 0.2) is 0 Å². The van der Waals surface area contributed by atoms with Gasteiger partial charge < -0.3 is 14.5 Å². The second-order valence-electron chi connectivity index (χ2n) is 14.3. The number of aromatic nitrogens is 2. The van der Waals surface area contributed by atoms with Crippen LogP contribution in [0.3, 0.4) is 0 Å². The summed E-state index contributed by atoms with van der Waals surface area (Å²) in [6.45, 7) is 0. The number of hydrogen-bond acceptors (Lipinski definition) is 3. The molecule has 258 valence electrons. The highest BCUT2D eigenvalue weighted by molar-refractivity contribution is 6.27. The molecule has 0 saturated carbocycles. The Hall–Kier alpha value is -6.69. The maximum absolute atomic E-state index is 5.23. The number of rotatable bonds is 5. The van der Waals surface area contributed by atoms with Crippen LogP contribution in [0.1, 0.15) is 46.6 Å². The molecule has 2 atom stereocenters. The summed E-state index contributed by atoms with van der Waals surface area (Å²) in [4.78, 5) is 5.23. The summed E-state index contributed by atoms with van der Waals surface area (Å²) in [5, 5.41) is 12.7. The Morgan fingerprint density at radius 1 is 0.537 bits per heavy atom. The van der Waals surface area contributed by atoms with E-state index >= 15 is 0 Å². The zero-order chi connectivity index (χ0) is 35.6. The Kier molecular flexibility index (Phi) is 7.13. The molecule has 0 bridgehead atoms. The van der Waals surface area contributed by atoms with Gasteiger partial charge in [0.05, 0.1) is 22.1 Å². The number of nitrogens with zero attached hydrogens (tertiary/aromatic N) is 3. The number of allylic oxidation sites excluding steroid dienone is 1. The van der Waals surface area contributed by atoms with Crippen LogP contribution >= 0.6 is 0 Å². The maximum Gasteiger partial charge on any atom is 0.131 e. The number of nitrogens with one attached hydrogen (secondary N) is 2. The quantitative estimate of drug-likeness (QED) is 0.188. The van der Waals surface area contributed by atoms with Crippen molar-refractivity contribution >= 4 is 55.5 Å². The Morgan fingerprint density at radius 3 is 1.78 bits per heavy atom. The molecule has 1 aliphatic carbocycles. The molecule has 5 heteroatoms. The summed E-state index contributed by atoms with van der Waals surface area (Å²) in [5.41, 5.74) is 13.3. The lowest BCUT2D eigenvalue weighted by atomic mass is 9.89. The first-order valence-corrected chi connectivity index (χ1v) is 18.9. The van der Waals surface area contributed by atoms with Crippen LogP contribution in [0, 0.1) is 0 Å². The Bertz CT molecular complexity index is 2920. The molecule has 0 saturated heterocycles. The largest absolute Gasteiger partial charge is 0.350 e. The number of para-hydroxylation sites is 3. The number of amidine groups is 1. The molecule has 9 aromatic rings. The monoisotopic (exact) mass is 695 g/mol. The average molecular weight is 696 g/mol. The molecule has 0 fully saturated rings. The van der Waals surface area contributed by atoms with Crippen LogP contribution in [0.2, 0.25) is 0 Å². The van der Waals surface area contributed by atoms with Crippen LogP contribution < -0.4 is 10.6 Å². The lowest BCUT2D eigenvalue weighted by molar-refractivity contribution is 0.409. The van der Waals surface area contributed by atoms with Gasteiger partial charge in [-0.05, 0) is 83.6 Å². The van der Waals surface area contributed by atoms with Gasteiger partial charge in [0.2, 0.25) is 0 Å². The van der Waals surface area contributed by atoms with Crippen molar-refractivity contribution in [3.63, 3.8) is 0 Å². The minimum atomic E-state index is -0.182. The highest BCUT2D eigenvalue weighted by atomic mass is 15.3. The fourth-order valence-electron chi connectivity index (χ4n) is 8.88. The van der Waals surface area contributed by atoms with Gasteiger partial charge in [-0.3, -0.25) is 5.32 Å². The highest BCUT2D eigenvalue weighted by Crippen LogP contribution is 2.47. The SMILES string of the molecule is C1=Cc2c(c3c4ccccc4n(-c4ccc(C5=NC(c6ccccc6)NC(c6ccccc6)N5)cc4)c3c3c2c2ccccc2n3-c2ccccc2)CC1. The van der Waals surface area contributed by atoms with Crippen LogP contribution in [0.4, 0.5) is 0 Å². The van der Waals surface area contributed by atoms with Gasteiger partial charge in [-0.15, -0.1) is 0 Å². The van der Waals surface area contributed by atoms with Gasteiger partial charge in [0, 0.05) is 38.5 Å². The molecule has 2 aromatic heterocycles. The molecule has 7 aromatic carbocycles. The molecule has 0 radical (unpaired) electrons. The summed E-state index contributed by atoms with van der Waals surface area (Å²) >= 11 is 0. The lowest BCUT2D eigenvalue weighted by Gasteiger charge is -2.32. The fraction of sp³-hybridized carbons (Fsp3) is 0.0816. The van der Waals surface area contributed by atoms with Crippen molar-refractivity contribution in [3.05, 3.63) is 198 Å². The molecule has 11 rings (SSSR count). The third-order valence-corrected chi connectivity index (χ3v) is 11.2. The second kappa shape index (κ2) is 12.5. The molecule has 5 nitrogen and oxygen atoms in total. The van der Waals surface area contributed by atoms with Crippen molar-refractivity contribution in [1.82, 2.24) is 19.8 Å². The minimum absolute atomic E-state index is 0.0886. The third-order valence-electron chi connectivity index (χ3n) is 11.2. The van der Waals surface area contributed by atoms with Crippen molar-refractivity contribution in [3.8, 4) is 11.4 Å². The molecule has 0 amide bonds. The summed E-state index contributed by atoms with van der Waals surface area (Å²) in [6, 6.07) is 58.7. The second-order valence-corrected chi connectivity index (χ2v) is 14.3. The normalized spacial score (nSPS) is 16.9. The van der Waals surface area contributed by atoms with E-state index in [-0.39, 0.29) is 12.3 Å². The van der Waals surface area contributed by atoms with E-state index in [2.05, 4.69) is 196 Å². The molecule has 2 N–H and O–H groups in total. The predicted molar refractivity (Wildman–Crippen MR) is 224 cm³/mol. The molecule has 1 aliphatic heterocycles. The van der Waals surface area contributed by atoms with E-state index in [4.69, 9.17) is 4.99 Å². The van der Waals surface area contributed by atoms with Crippen molar-refractivity contribution in [1.29, 1.82) is 0 Å². The Morgan fingerprint density at radius 2 is 1.09 bits per heavy atom. The van der Waals surface area contributed by atoms with E-state index in [1.165, 1.54) is 60.3 Å². The van der Waals surface area contributed by atoms with Crippen LogP contribution in [0.15, 0.2) is 175 Å². The maximum atomic E-state index is 5.23. The minimum Gasteiger partial charge on any atom is -0.350 e.